The summed E-state index contributed by atoms with van der Waals surface area (Å²) in [6, 6.07) is 69.4. The van der Waals surface area contributed by atoms with Crippen molar-refractivity contribution in [3.63, 3.8) is 0 Å². The molecule has 11 rings (SSSR count). The molecule has 56 heavy (non-hydrogen) atoms. The maximum atomic E-state index is 9.88. The van der Waals surface area contributed by atoms with Gasteiger partial charge in [-0.1, -0.05) is 158 Å². The molecule has 2 heterocycles. The van der Waals surface area contributed by atoms with Crippen molar-refractivity contribution in [2.24, 2.45) is 0 Å². The largest absolute Gasteiger partial charge is 0.309 e. The molecule has 0 atom stereocenters. The van der Waals surface area contributed by atoms with Crippen LogP contribution in [-0.4, -0.2) is 9.13 Å². The van der Waals surface area contributed by atoms with E-state index in [4.69, 9.17) is 0 Å². The van der Waals surface area contributed by atoms with Crippen molar-refractivity contribution in [2.45, 2.75) is 0 Å². The SMILES string of the molecule is [2H]c1c(-c2ccc3c(c2)c2c(-c4ccc(-c5ccccc5)cc4)cccc2n3-c2ccccc2)c([2H])c2c3ccccc3n(-c3ccc(-c4ccccc4)cc3)c2c1[2H]. The van der Waals surface area contributed by atoms with Crippen molar-refractivity contribution in [3.05, 3.63) is 218 Å². The molecule has 0 aliphatic heterocycles. The Hall–Kier alpha value is -7.42. The van der Waals surface area contributed by atoms with Crippen LogP contribution in [0.4, 0.5) is 0 Å². The first-order chi connectivity index (χ1) is 29.0. The van der Waals surface area contributed by atoms with E-state index in [0.29, 0.717) is 16.5 Å². The predicted octanol–water partition coefficient (Wildman–Crippen LogP) is 14.5. The summed E-state index contributed by atoms with van der Waals surface area (Å²) in [5.74, 6) is 0. The topological polar surface area (TPSA) is 9.86 Å². The lowest BCUT2D eigenvalue weighted by molar-refractivity contribution is 1.18. The number of nitrogens with zero attached hydrogens (tertiary/aromatic N) is 2. The monoisotopic (exact) mass is 715 g/mol. The number of benzene rings is 9. The van der Waals surface area contributed by atoms with E-state index in [-0.39, 0.29) is 18.1 Å². The highest BCUT2D eigenvalue weighted by atomic mass is 15.0. The number of fused-ring (bicyclic) bond motifs is 6. The van der Waals surface area contributed by atoms with Crippen LogP contribution in [0.2, 0.25) is 0 Å². The Morgan fingerprint density at radius 3 is 1.54 bits per heavy atom. The Labute approximate surface area is 330 Å². The fourth-order valence-electron chi connectivity index (χ4n) is 8.40. The molecule has 0 fully saturated rings. The zero-order valence-electron chi connectivity index (χ0n) is 33.4. The standard InChI is InChI=1S/C54H36N2/c1-4-13-37(14-5-1)39-23-25-41(26-24-39)46-20-12-22-53-54(46)49-36-43(30-34-52(49)56(53)44-17-8-3-9-18-44)42-29-33-51-48(35-42)47-19-10-11-21-50(47)55(51)45-31-27-40(28-32-45)38-15-6-2-7-16-38/h1-36H/i29D,33D,35D. The molecule has 0 radical (unpaired) electrons. The van der Waals surface area contributed by atoms with Gasteiger partial charge in [-0.05, 0) is 105 Å². The summed E-state index contributed by atoms with van der Waals surface area (Å²) in [4.78, 5) is 0. The second-order valence-electron chi connectivity index (χ2n) is 14.3. The van der Waals surface area contributed by atoms with Crippen molar-refractivity contribution < 1.29 is 4.11 Å². The highest BCUT2D eigenvalue weighted by Crippen LogP contribution is 2.42. The van der Waals surface area contributed by atoms with E-state index in [0.717, 1.165) is 77.5 Å². The van der Waals surface area contributed by atoms with Gasteiger partial charge in [0.05, 0.1) is 26.2 Å². The Bertz CT molecular complexity index is 3370. The molecular weight excluding hydrogens is 677 g/mol. The average molecular weight is 716 g/mol. The second-order valence-corrected chi connectivity index (χ2v) is 14.3. The van der Waals surface area contributed by atoms with Crippen LogP contribution in [-0.2, 0) is 0 Å². The van der Waals surface area contributed by atoms with Crippen LogP contribution in [0.3, 0.4) is 0 Å². The molecule has 0 saturated heterocycles. The Kier molecular flexibility index (Phi) is 6.81. The number of hydrogen-bond acceptors (Lipinski definition) is 0. The Morgan fingerprint density at radius 1 is 0.304 bits per heavy atom. The van der Waals surface area contributed by atoms with Crippen LogP contribution in [0.5, 0.6) is 0 Å². The minimum Gasteiger partial charge on any atom is -0.309 e. The van der Waals surface area contributed by atoms with Crippen molar-refractivity contribution in [2.75, 3.05) is 0 Å². The van der Waals surface area contributed by atoms with Gasteiger partial charge in [0.1, 0.15) is 0 Å². The summed E-state index contributed by atoms with van der Waals surface area (Å²) >= 11 is 0. The molecule has 0 amide bonds. The lowest BCUT2D eigenvalue weighted by Gasteiger charge is -2.10. The van der Waals surface area contributed by atoms with E-state index in [2.05, 4.69) is 144 Å². The molecular formula is C54H36N2. The van der Waals surface area contributed by atoms with Crippen LogP contribution in [0.1, 0.15) is 4.11 Å². The maximum Gasteiger partial charge on any atom is 0.0645 e. The van der Waals surface area contributed by atoms with E-state index in [1.165, 1.54) is 5.56 Å². The van der Waals surface area contributed by atoms with E-state index in [1.54, 1.807) is 0 Å². The van der Waals surface area contributed by atoms with Gasteiger partial charge in [-0.3, -0.25) is 0 Å². The summed E-state index contributed by atoms with van der Waals surface area (Å²) in [5.41, 5.74) is 13.5. The first kappa shape index (κ1) is 29.0. The third kappa shape index (κ3) is 5.26. The van der Waals surface area contributed by atoms with Crippen LogP contribution in [0.15, 0.2) is 218 Å². The summed E-state index contributed by atoms with van der Waals surface area (Å²) in [6.45, 7) is 0. The average Bonchev–Trinajstić information content (AvgIpc) is 3.83. The zero-order chi connectivity index (χ0) is 39.6. The van der Waals surface area contributed by atoms with E-state index >= 15 is 0 Å². The van der Waals surface area contributed by atoms with Gasteiger partial charge in [0.2, 0.25) is 0 Å². The van der Waals surface area contributed by atoms with Crippen LogP contribution in [0, 0.1) is 0 Å². The molecule has 11 aromatic rings. The lowest BCUT2D eigenvalue weighted by atomic mass is 9.95. The van der Waals surface area contributed by atoms with Gasteiger partial charge in [0, 0.05) is 32.9 Å². The van der Waals surface area contributed by atoms with Gasteiger partial charge in [-0.15, -0.1) is 0 Å². The minimum atomic E-state index is 0.0373. The fraction of sp³-hybridized carbons (Fsp3) is 0. The Morgan fingerprint density at radius 2 is 0.821 bits per heavy atom. The summed E-state index contributed by atoms with van der Waals surface area (Å²) in [7, 11) is 0. The van der Waals surface area contributed by atoms with Gasteiger partial charge in [0.25, 0.3) is 0 Å². The molecule has 0 aliphatic rings. The third-order valence-electron chi connectivity index (χ3n) is 11.1. The molecule has 0 bridgehead atoms. The number of hydrogen-bond donors (Lipinski definition) is 0. The zero-order valence-corrected chi connectivity index (χ0v) is 30.4. The number of para-hydroxylation sites is 2. The molecule has 262 valence electrons. The molecule has 0 saturated carbocycles. The number of rotatable bonds is 6. The predicted molar refractivity (Wildman–Crippen MR) is 237 cm³/mol. The first-order valence-electron chi connectivity index (χ1n) is 20.5. The van der Waals surface area contributed by atoms with E-state index < -0.39 is 0 Å². The van der Waals surface area contributed by atoms with Crippen molar-refractivity contribution >= 4 is 43.6 Å². The van der Waals surface area contributed by atoms with E-state index in [1.807, 2.05) is 65.2 Å². The molecule has 0 unspecified atom stereocenters. The van der Waals surface area contributed by atoms with Gasteiger partial charge >= 0.3 is 0 Å². The van der Waals surface area contributed by atoms with Crippen LogP contribution in [0.25, 0.3) is 99.5 Å². The quantitative estimate of drug-likeness (QED) is 0.162. The smallest absolute Gasteiger partial charge is 0.0645 e. The van der Waals surface area contributed by atoms with Gasteiger partial charge in [0.15, 0.2) is 0 Å². The highest BCUT2D eigenvalue weighted by Gasteiger charge is 2.18. The normalized spacial score (nSPS) is 12.3. The second kappa shape index (κ2) is 13.2. The van der Waals surface area contributed by atoms with Crippen molar-refractivity contribution in [1.82, 2.24) is 9.13 Å². The van der Waals surface area contributed by atoms with Gasteiger partial charge in [-0.25, -0.2) is 0 Å². The Balaban J connectivity index is 1.13. The van der Waals surface area contributed by atoms with Gasteiger partial charge < -0.3 is 9.13 Å². The summed E-state index contributed by atoms with van der Waals surface area (Å²) in [6.07, 6.45) is 0. The molecule has 2 nitrogen and oxygen atoms in total. The third-order valence-corrected chi connectivity index (χ3v) is 11.1. The fourth-order valence-corrected chi connectivity index (χ4v) is 8.40. The lowest BCUT2D eigenvalue weighted by Crippen LogP contribution is -1.94. The number of aromatic nitrogens is 2. The highest BCUT2D eigenvalue weighted by molar-refractivity contribution is 6.17. The molecule has 0 N–H and O–H groups in total. The van der Waals surface area contributed by atoms with Gasteiger partial charge in [-0.2, -0.15) is 0 Å². The first-order valence-corrected chi connectivity index (χ1v) is 19.0. The molecule has 9 aromatic carbocycles. The van der Waals surface area contributed by atoms with Crippen LogP contribution >= 0.6 is 0 Å². The van der Waals surface area contributed by atoms with E-state index in [9.17, 15) is 4.11 Å². The van der Waals surface area contributed by atoms with Crippen molar-refractivity contribution in [3.8, 4) is 55.9 Å². The maximum absolute atomic E-state index is 9.88. The van der Waals surface area contributed by atoms with Crippen molar-refractivity contribution in [1.29, 1.82) is 0 Å². The molecule has 0 spiro atoms. The minimum absolute atomic E-state index is 0.0373. The summed E-state index contributed by atoms with van der Waals surface area (Å²) < 4.78 is 33.4. The molecule has 2 heteroatoms. The molecule has 2 aromatic heterocycles. The van der Waals surface area contributed by atoms with Crippen LogP contribution < -0.4 is 0 Å². The molecule has 0 aliphatic carbocycles. The summed E-state index contributed by atoms with van der Waals surface area (Å²) in [5, 5.41) is 3.68.